The smallest absolute Gasteiger partial charge is 0.00806 e. The summed E-state index contributed by atoms with van der Waals surface area (Å²) in [5.74, 6) is 7.01. The molecule has 6 aliphatic rings. The summed E-state index contributed by atoms with van der Waals surface area (Å²) >= 11 is 0. The Balaban J connectivity index is 1.60. The Morgan fingerprint density at radius 3 is 2.40 bits per heavy atom. The van der Waals surface area contributed by atoms with E-state index in [0.29, 0.717) is 0 Å². The molecule has 0 heteroatoms. The highest BCUT2D eigenvalue weighted by molar-refractivity contribution is 5.37. The quantitative estimate of drug-likeness (QED) is 0.524. The molecule has 2 spiro atoms. The third-order valence-electron chi connectivity index (χ3n) is 7.33. The van der Waals surface area contributed by atoms with Gasteiger partial charge >= 0.3 is 0 Å². The zero-order valence-electron chi connectivity index (χ0n) is 9.15. The van der Waals surface area contributed by atoms with Crippen LogP contribution in [-0.2, 0) is 0 Å². The summed E-state index contributed by atoms with van der Waals surface area (Å²) in [6.07, 6.45) is 13.3. The zero-order valence-corrected chi connectivity index (χ0v) is 9.15. The molecule has 0 aliphatic heterocycles. The lowest BCUT2D eigenvalue weighted by molar-refractivity contribution is 0.196. The van der Waals surface area contributed by atoms with Crippen LogP contribution >= 0.6 is 0 Å². The molecule has 0 aromatic carbocycles. The number of hydrogen-bond donors (Lipinski definition) is 0. The average molecular weight is 198 g/mol. The highest BCUT2D eigenvalue weighted by Gasteiger charge is 2.82. The molecule has 0 saturated heterocycles. The Morgan fingerprint density at radius 2 is 1.67 bits per heavy atom. The molecule has 5 saturated carbocycles. The SMILES string of the molecule is C1=CC2(CC2)[C@H]2[C@H]1[C@@H]1[C@H]3C[C@H]3[C@@H]2C12CC2. The fourth-order valence-electron chi connectivity index (χ4n) is 6.74. The van der Waals surface area contributed by atoms with E-state index >= 15 is 0 Å². The van der Waals surface area contributed by atoms with Gasteiger partial charge in [-0.05, 0) is 78.4 Å². The van der Waals surface area contributed by atoms with Crippen molar-refractivity contribution < 1.29 is 0 Å². The van der Waals surface area contributed by atoms with Crippen LogP contribution in [-0.4, -0.2) is 0 Å². The number of fused-ring (bicyclic) bond motifs is 7. The maximum Gasteiger partial charge on any atom is -0.00806 e. The first-order chi connectivity index (χ1) is 7.36. The summed E-state index contributed by atoms with van der Waals surface area (Å²) in [5.41, 5.74) is 1.70. The minimum Gasteiger partial charge on any atom is -0.0842 e. The second-order valence-electron chi connectivity index (χ2n) is 7.54. The lowest BCUT2D eigenvalue weighted by Gasteiger charge is -2.29. The maximum absolute atomic E-state index is 2.68. The Labute approximate surface area is 91.1 Å². The minimum absolute atomic E-state index is 0.771. The van der Waals surface area contributed by atoms with Crippen molar-refractivity contribution in [2.75, 3.05) is 0 Å². The van der Waals surface area contributed by atoms with Crippen molar-refractivity contribution in [3.63, 3.8) is 0 Å². The van der Waals surface area contributed by atoms with Gasteiger partial charge in [0.1, 0.15) is 0 Å². The van der Waals surface area contributed by atoms with Crippen molar-refractivity contribution in [1.82, 2.24) is 0 Å². The van der Waals surface area contributed by atoms with Crippen molar-refractivity contribution >= 4 is 0 Å². The van der Waals surface area contributed by atoms with Crippen LogP contribution < -0.4 is 0 Å². The van der Waals surface area contributed by atoms with Crippen LogP contribution in [0.3, 0.4) is 0 Å². The predicted octanol–water partition coefficient (Wildman–Crippen LogP) is 3.24. The van der Waals surface area contributed by atoms with E-state index in [0.717, 1.165) is 22.7 Å². The van der Waals surface area contributed by atoms with Crippen molar-refractivity contribution in [2.45, 2.75) is 32.1 Å². The summed E-state index contributed by atoms with van der Waals surface area (Å²) in [5, 5.41) is 0. The summed E-state index contributed by atoms with van der Waals surface area (Å²) < 4.78 is 0. The Kier molecular flexibility index (Phi) is 0.787. The van der Waals surface area contributed by atoms with E-state index in [-0.39, 0.29) is 0 Å². The van der Waals surface area contributed by atoms with Gasteiger partial charge in [0.25, 0.3) is 0 Å². The fraction of sp³-hybridized carbons (Fsp3) is 0.867. The molecule has 78 valence electrons. The van der Waals surface area contributed by atoms with Gasteiger partial charge in [-0.2, -0.15) is 0 Å². The van der Waals surface area contributed by atoms with Gasteiger partial charge in [-0.3, -0.25) is 0 Å². The molecule has 0 amide bonds. The highest BCUT2D eigenvalue weighted by atomic mass is 14.9. The molecule has 2 bridgehead atoms. The molecule has 6 rings (SSSR count). The van der Waals surface area contributed by atoms with Crippen molar-refractivity contribution in [3.8, 4) is 0 Å². The maximum atomic E-state index is 2.68. The first kappa shape index (κ1) is 7.14. The van der Waals surface area contributed by atoms with Crippen LogP contribution in [0.1, 0.15) is 32.1 Å². The van der Waals surface area contributed by atoms with Crippen LogP contribution in [0.25, 0.3) is 0 Å². The molecule has 0 radical (unpaired) electrons. The Bertz CT molecular complexity index is 410. The predicted molar refractivity (Wildman–Crippen MR) is 58.0 cm³/mol. The summed E-state index contributed by atoms with van der Waals surface area (Å²) in [7, 11) is 0. The fourth-order valence-corrected chi connectivity index (χ4v) is 6.74. The second kappa shape index (κ2) is 1.65. The van der Waals surface area contributed by atoms with E-state index in [1.807, 2.05) is 0 Å². The molecule has 0 unspecified atom stereocenters. The first-order valence-corrected chi connectivity index (χ1v) is 7.05. The normalized spacial score (nSPS) is 66.1. The van der Waals surface area contributed by atoms with Gasteiger partial charge in [0.15, 0.2) is 0 Å². The molecular formula is C15H18. The highest BCUT2D eigenvalue weighted by Crippen LogP contribution is 2.88. The summed E-state index contributed by atoms with van der Waals surface area (Å²) in [6, 6.07) is 0. The van der Waals surface area contributed by atoms with E-state index in [4.69, 9.17) is 0 Å². The molecule has 6 atom stereocenters. The van der Waals surface area contributed by atoms with Gasteiger partial charge in [-0.1, -0.05) is 12.2 Å². The number of rotatable bonds is 0. The van der Waals surface area contributed by atoms with Crippen molar-refractivity contribution in [1.29, 1.82) is 0 Å². The van der Waals surface area contributed by atoms with Crippen LogP contribution in [0.5, 0.6) is 0 Å². The molecular weight excluding hydrogens is 180 g/mol. The van der Waals surface area contributed by atoms with E-state index in [1.54, 1.807) is 32.1 Å². The average Bonchev–Trinajstić information content (AvgIpc) is 3.07. The standard InChI is InChI=1S/C15H18/c1-2-14(3-4-14)12-8(1)11-9-7-10(9)13(12)15(11)5-6-15/h1-2,8-13H,3-7H2/t8-,9+,10-,11-,12+,13+/m1/s1. The largest absolute Gasteiger partial charge is 0.0842 e. The van der Waals surface area contributed by atoms with E-state index in [2.05, 4.69) is 12.2 Å². The van der Waals surface area contributed by atoms with Crippen LogP contribution in [0.4, 0.5) is 0 Å². The van der Waals surface area contributed by atoms with Gasteiger partial charge < -0.3 is 0 Å². The molecule has 0 heterocycles. The molecule has 0 aromatic rings. The lowest BCUT2D eigenvalue weighted by atomic mass is 9.75. The molecule has 0 N–H and O–H groups in total. The van der Waals surface area contributed by atoms with Crippen LogP contribution in [0.15, 0.2) is 12.2 Å². The molecule has 0 nitrogen and oxygen atoms in total. The first-order valence-electron chi connectivity index (χ1n) is 7.05. The van der Waals surface area contributed by atoms with E-state index in [1.165, 1.54) is 23.7 Å². The third-order valence-corrected chi connectivity index (χ3v) is 7.33. The van der Waals surface area contributed by atoms with Gasteiger partial charge in [-0.25, -0.2) is 0 Å². The van der Waals surface area contributed by atoms with E-state index < -0.39 is 0 Å². The van der Waals surface area contributed by atoms with Gasteiger partial charge in [0.05, 0.1) is 0 Å². The number of allylic oxidation sites excluding steroid dienone is 2. The second-order valence-corrected chi connectivity index (χ2v) is 7.54. The van der Waals surface area contributed by atoms with Crippen molar-refractivity contribution in [3.05, 3.63) is 12.2 Å². The minimum atomic E-state index is 0.771. The van der Waals surface area contributed by atoms with Gasteiger partial charge in [-0.15, -0.1) is 0 Å². The van der Waals surface area contributed by atoms with Gasteiger partial charge in [0.2, 0.25) is 0 Å². The van der Waals surface area contributed by atoms with Crippen LogP contribution in [0.2, 0.25) is 0 Å². The molecule has 5 fully saturated rings. The zero-order chi connectivity index (χ0) is 9.41. The summed E-state index contributed by atoms with van der Waals surface area (Å²) in [6.45, 7) is 0. The van der Waals surface area contributed by atoms with E-state index in [9.17, 15) is 0 Å². The summed E-state index contributed by atoms with van der Waals surface area (Å²) in [4.78, 5) is 0. The monoisotopic (exact) mass is 198 g/mol. The lowest BCUT2D eigenvalue weighted by Crippen LogP contribution is -2.25. The number of hydrogen-bond acceptors (Lipinski definition) is 0. The molecule has 15 heavy (non-hydrogen) atoms. The molecule has 0 aromatic heterocycles. The van der Waals surface area contributed by atoms with Gasteiger partial charge in [0, 0.05) is 0 Å². The topological polar surface area (TPSA) is 0 Å². The van der Waals surface area contributed by atoms with Crippen LogP contribution in [0, 0.1) is 46.3 Å². The molecule has 6 aliphatic carbocycles. The Morgan fingerprint density at radius 1 is 0.867 bits per heavy atom. The third kappa shape index (κ3) is 0.531. The van der Waals surface area contributed by atoms with Crippen molar-refractivity contribution in [2.24, 2.45) is 46.3 Å². The Hall–Kier alpha value is -0.260.